The molecule has 4 bridgehead atoms. The molecule has 4 aliphatic carbocycles. The van der Waals surface area contributed by atoms with Gasteiger partial charge in [-0.1, -0.05) is 0 Å². The third kappa shape index (κ3) is 2.44. The standard InChI is InChI=1S/C17H29NO2/c1-5-18(15(19)20-16(2,3)4)17-9-12-6-13(10-17)8-14(7-12)11-17/h12-14H,5-11H2,1-4H3. The number of carbonyl (C=O) groups is 1. The van der Waals surface area contributed by atoms with E-state index in [9.17, 15) is 4.79 Å². The molecular weight excluding hydrogens is 250 g/mol. The second-order valence-electron chi connectivity index (χ2n) is 8.37. The van der Waals surface area contributed by atoms with Gasteiger partial charge in [0.25, 0.3) is 0 Å². The van der Waals surface area contributed by atoms with Crippen molar-refractivity contribution in [2.75, 3.05) is 6.54 Å². The number of hydrogen-bond donors (Lipinski definition) is 0. The third-order valence-electron chi connectivity index (χ3n) is 5.51. The second-order valence-corrected chi connectivity index (χ2v) is 8.37. The SMILES string of the molecule is CCN(C(=O)OC(C)(C)C)C12CC3CC(CC(C3)C1)C2. The summed E-state index contributed by atoms with van der Waals surface area (Å²) < 4.78 is 5.67. The van der Waals surface area contributed by atoms with Crippen LogP contribution in [0.25, 0.3) is 0 Å². The maximum absolute atomic E-state index is 12.6. The van der Waals surface area contributed by atoms with Crippen molar-refractivity contribution in [3.05, 3.63) is 0 Å². The molecule has 1 amide bonds. The van der Waals surface area contributed by atoms with E-state index < -0.39 is 5.60 Å². The van der Waals surface area contributed by atoms with Crippen molar-refractivity contribution in [3.63, 3.8) is 0 Å². The van der Waals surface area contributed by atoms with Crippen LogP contribution in [-0.2, 0) is 4.74 Å². The van der Waals surface area contributed by atoms with Crippen LogP contribution < -0.4 is 0 Å². The molecule has 0 aliphatic heterocycles. The zero-order valence-electron chi connectivity index (χ0n) is 13.4. The van der Waals surface area contributed by atoms with Gasteiger partial charge in [-0.15, -0.1) is 0 Å². The Kier molecular flexibility index (Phi) is 3.30. The molecule has 0 heterocycles. The highest BCUT2D eigenvalue weighted by Gasteiger charge is 2.54. The molecule has 4 aliphatic rings. The molecule has 0 aromatic carbocycles. The van der Waals surface area contributed by atoms with Gasteiger partial charge in [-0.05, 0) is 84.0 Å². The summed E-state index contributed by atoms with van der Waals surface area (Å²) in [6.07, 6.45) is 7.77. The van der Waals surface area contributed by atoms with Gasteiger partial charge < -0.3 is 9.64 Å². The molecule has 4 saturated carbocycles. The lowest BCUT2D eigenvalue weighted by atomic mass is 9.52. The fourth-order valence-corrected chi connectivity index (χ4v) is 5.37. The largest absolute Gasteiger partial charge is 0.444 e. The summed E-state index contributed by atoms with van der Waals surface area (Å²) in [6, 6.07) is 0. The Balaban J connectivity index is 1.80. The van der Waals surface area contributed by atoms with Gasteiger partial charge in [-0.25, -0.2) is 4.79 Å². The van der Waals surface area contributed by atoms with E-state index in [-0.39, 0.29) is 11.6 Å². The normalized spacial score (nSPS) is 38.9. The Bertz CT molecular complexity index is 361. The van der Waals surface area contributed by atoms with Gasteiger partial charge in [-0.2, -0.15) is 0 Å². The first-order valence-corrected chi connectivity index (χ1v) is 8.32. The first kappa shape index (κ1) is 14.2. The first-order valence-electron chi connectivity index (χ1n) is 8.32. The first-order chi connectivity index (χ1) is 9.31. The van der Waals surface area contributed by atoms with Crippen molar-refractivity contribution in [2.45, 2.75) is 77.4 Å². The molecule has 0 unspecified atom stereocenters. The number of ether oxygens (including phenoxy) is 1. The zero-order valence-corrected chi connectivity index (χ0v) is 13.4. The summed E-state index contributed by atoms with van der Waals surface area (Å²) in [5, 5.41) is 0. The summed E-state index contributed by atoms with van der Waals surface area (Å²) in [6.45, 7) is 8.75. The van der Waals surface area contributed by atoms with Crippen LogP contribution in [0.1, 0.15) is 66.2 Å². The van der Waals surface area contributed by atoms with E-state index in [0.29, 0.717) is 0 Å². The molecule has 0 radical (unpaired) electrons. The van der Waals surface area contributed by atoms with E-state index in [1.54, 1.807) is 0 Å². The highest BCUT2D eigenvalue weighted by atomic mass is 16.6. The van der Waals surface area contributed by atoms with Gasteiger partial charge in [0, 0.05) is 12.1 Å². The molecule has 114 valence electrons. The Labute approximate surface area is 123 Å². The summed E-state index contributed by atoms with van der Waals surface area (Å²) in [7, 11) is 0. The molecule has 0 N–H and O–H groups in total. The number of rotatable bonds is 2. The average Bonchev–Trinajstić information content (AvgIpc) is 2.24. The summed E-state index contributed by atoms with van der Waals surface area (Å²) in [4.78, 5) is 14.7. The van der Waals surface area contributed by atoms with Crippen molar-refractivity contribution in [3.8, 4) is 0 Å². The Morgan fingerprint density at radius 3 is 1.90 bits per heavy atom. The van der Waals surface area contributed by atoms with Gasteiger partial charge in [0.05, 0.1) is 0 Å². The molecule has 0 atom stereocenters. The van der Waals surface area contributed by atoms with Gasteiger partial charge >= 0.3 is 6.09 Å². The van der Waals surface area contributed by atoms with Gasteiger partial charge in [-0.3, -0.25) is 0 Å². The second kappa shape index (κ2) is 4.64. The molecule has 0 aromatic rings. The summed E-state index contributed by atoms with van der Waals surface area (Å²) in [5.41, 5.74) is -0.279. The van der Waals surface area contributed by atoms with Crippen molar-refractivity contribution < 1.29 is 9.53 Å². The lowest BCUT2D eigenvalue weighted by Gasteiger charge is -2.60. The lowest BCUT2D eigenvalue weighted by Crippen LogP contribution is -2.62. The maximum Gasteiger partial charge on any atom is 0.410 e. The van der Waals surface area contributed by atoms with E-state index in [1.165, 1.54) is 38.5 Å². The molecule has 0 spiro atoms. The van der Waals surface area contributed by atoms with Gasteiger partial charge in [0.15, 0.2) is 0 Å². The Morgan fingerprint density at radius 1 is 1.10 bits per heavy atom. The van der Waals surface area contributed by atoms with Crippen LogP contribution in [0.4, 0.5) is 4.79 Å². The lowest BCUT2D eigenvalue weighted by molar-refractivity contribution is -0.0886. The number of amides is 1. The molecule has 0 aromatic heterocycles. The molecule has 4 fully saturated rings. The monoisotopic (exact) mass is 279 g/mol. The van der Waals surface area contributed by atoms with Crippen LogP contribution in [0.3, 0.4) is 0 Å². The van der Waals surface area contributed by atoms with E-state index in [4.69, 9.17) is 4.74 Å². The quantitative estimate of drug-likeness (QED) is 0.757. The molecule has 3 nitrogen and oxygen atoms in total. The fraction of sp³-hybridized carbons (Fsp3) is 0.941. The van der Waals surface area contributed by atoms with Crippen LogP contribution in [-0.4, -0.2) is 28.7 Å². The van der Waals surface area contributed by atoms with E-state index in [1.807, 2.05) is 20.8 Å². The van der Waals surface area contributed by atoms with Crippen molar-refractivity contribution in [2.24, 2.45) is 17.8 Å². The summed E-state index contributed by atoms with van der Waals surface area (Å²) >= 11 is 0. The Hall–Kier alpha value is -0.730. The molecule has 4 rings (SSSR count). The topological polar surface area (TPSA) is 29.5 Å². The highest BCUT2D eigenvalue weighted by molar-refractivity contribution is 5.69. The molecular formula is C17H29NO2. The minimum Gasteiger partial charge on any atom is -0.444 e. The van der Waals surface area contributed by atoms with Crippen LogP contribution >= 0.6 is 0 Å². The highest BCUT2D eigenvalue weighted by Crippen LogP contribution is 2.57. The molecule has 3 heteroatoms. The number of carbonyl (C=O) groups excluding carboxylic acids is 1. The van der Waals surface area contributed by atoms with E-state index in [2.05, 4.69) is 11.8 Å². The van der Waals surface area contributed by atoms with Crippen LogP contribution in [0.5, 0.6) is 0 Å². The van der Waals surface area contributed by atoms with Crippen molar-refractivity contribution in [1.82, 2.24) is 4.90 Å². The van der Waals surface area contributed by atoms with Gasteiger partial charge in [0.1, 0.15) is 5.60 Å². The smallest absolute Gasteiger partial charge is 0.410 e. The fourth-order valence-electron chi connectivity index (χ4n) is 5.37. The third-order valence-corrected chi connectivity index (χ3v) is 5.51. The van der Waals surface area contributed by atoms with Crippen molar-refractivity contribution >= 4 is 6.09 Å². The Morgan fingerprint density at radius 2 is 1.55 bits per heavy atom. The number of nitrogens with zero attached hydrogens (tertiary/aromatic N) is 1. The minimum absolute atomic E-state index is 0.0954. The number of hydrogen-bond acceptors (Lipinski definition) is 2. The predicted octanol–water partition coefficient (Wildman–Crippen LogP) is 4.21. The van der Waals surface area contributed by atoms with Gasteiger partial charge in [0.2, 0.25) is 0 Å². The van der Waals surface area contributed by atoms with Crippen LogP contribution in [0, 0.1) is 17.8 Å². The average molecular weight is 279 g/mol. The van der Waals surface area contributed by atoms with Crippen LogP contribution in [0.15, 0.2) is 0 Å². The maximum atomic E-state index is 12.6. The molecule has 0 saturated heterocycles. The minimum atomic E-state index is -0.396. The predicted molar refractivity (Wildman–Crippen MR) is 79.5 cm³/mol. The van der Waals surface area contributed by atoms with Crippen LogP contribution in [0.2, 0.25) is 0 Å². The van der Waals surface area contributed by atoms with E-state index >= 15 is 0 Å². The van der Waals surface area contributed by atoms with E-state index in [0.717, 1.165) is 24.3 Å². The summed E-state index contributed by atoms with van der Waals surface area (Å²) in [5.74, 6) is 2.58. The molecule has 20 heavy (non-hydrogen) atoms. The zero-order chi connectivity index (χ0) is 14.5. The van der Waals surface area contributed by atoms with Crippen molar-refractivity contribution in [1.29, 1.82) is 0 Å².